The highest BCUT2D eigenvalue weighted by Gasteiger charge is 2.11. The van der Waals surface area contributed by atoms with Crippen LogP contribution in [0.25, 0.3) is 0 Å². The summed E-state index contributed by atoms with van der Waals surface area (Å²) < 4.78 is 0. The second-order valence-corrected chi connectivity index (χ2v) is 4.66. The molecule has 0 aliphatic heterocycles. The summed E-state index contributed by atoms with van der Waals surface area (Å²) in [6.45, 7) is 6.81. The van der Waals surface area contributed by atoms with Gasteiger partial charge in [0.2, 0.25) is 0 Å². The lowest BCUT2D eigenvalue weighted by Gasteiger charge is -2.13. The van der Waals surface area contributed by atoms with E-state index in [1.165, 1.54) is 31.2 Å². The minimum absolute atomic E-state index is 0.819. The fourth-order valence-electron chi connectivity index (χ4n) is 1.77. The van der Waals surface area contributed by atoms with Gasteiger partial charge in [-0.25, -0.2) is 0 Å². The fourth-order valence-corrected chi connectivity index (χ4v) is 2.92. The molecule has 1 aromatic rings. The molecule has 1 unspecified atom stereocenters. The third-order valence-corrected chi connectivity index (χ3v) is 3.85. The molecule has 13 heavy (non-hydrogen) atoms. The van der Waals surface area contributed by atoms with Crippen LogP contribution in [0.3, 0.4) is 0 Å². The Morgan fingerprint density at radius 2 is 2.15 bits per heavy atom. The average Bonchev–Trinajstić information content (AvgIpc) is 2.54. The second kappa shape index (κ2) is 5.43. The molecule has 0 spiro atoms. The molecule has 0 bridgehead atoms. The minimum atomic E-state index is 0.819. The summed E-state index contributed by atoms with van der Waals surface area (Å²) in [6, 6.07) is 2.24. The van der Waals surface area contributed by atoms with Crippen molar-refractivity contribution in [3.05, 3.63) is 21.9 Å². The highest BCUT2D eigenvalue weighted by molar-refractivity contribution is 7.10. The van der Waals surface area contributed by atoms with Crippen molar-refractivity contribution in [1.29, 1.82) is 0 Å². The summed E-state index contributed by atoms with van der Waals surface area (Å²) in [5.41, 5.74) is 1.49. The Morgan fingerprint density at radius 1 is 1.38 bits per heavy atom. The van der Waals surface area contributed by atoms with E-state index in [2.05, 4.69) is 32.2 Å². The Labute approximate surface area is 86.0 Å². The van der Waals surface area contributed by atoms with Crippen molar-refractivity contribution in [2.45, 2.75) is 52.4 Å². The maximum atomic E-state index is 2.31. The van der Waals surface area contributed by atoms with Gasteiger partial charge >= 0.3 is 0 Å². The van der Waals surface area contributed by atoms with Crippen LogP contribution < -0.4 is 0 Å². The van der Waals surface area contributed by atoms with Crippen molar-refractivity contribution in [2.75, 3.05) is 0 Å². The van der Waals surface area contributed by atoms with Crippen LogP contribution >= 0.6 is 11.3 Å². The van der Waals surface area contributed by atoms with Crippen molar-refractivity contribution in [2.24, 2.45) is 0 Å². The molecule has 0 aromatic carbocycles. The third kappa shape index (κ3) is 2.84. The molecular formula is C12H20S. The zero-order valence-corrected chi connectivity index (χ0v) is 9.79. The molecule has 0 N–H and O–H groups in total. The molecule has 74 valence electrons. The molecule has 1 rings (SSSR count). The van der Waals surface area contributed by atoms with Gasteiger partial charge < -0.3 is 0 Å². The molecule has 0 saturated carbocycles. The lowest BCUT2D eigenvalue weighted by atomic mass is 9.96. The minimum Gasteiger partial charge on any atom is -0.148 e. The van der Waals surface area contributed by atoms with Crippen LogP contribution in [0.2, 0.25) is 0 Å². The van der Waals surface area contributed by atoms with Gasteiger partial charge in [0.05, 0.1) is 0 Å². The van der Waals surface area contributed by atoms with E-state index in [1.807, 2.05) is 11.3 Å². The molecule has 0 nitrogen and oxygen atoms in total. The van der Waals surface area contributed by atoms with E-state index in [-0.39, 0.29) is 0 Å². The van der Waals surface area contributed by atoms with Gasteiger partial charge in [0.1, 0.15) is 0 Å². The van der Waals surface area contributed by atoms with Gasteiger partial charge in [-0.05, 0) is 42.7 Å². The van der Waals surface area contributed by atoms with E-state index in [4.69, 9.17) is 0 Å². The summed E-state index contributed by atoms with van der Waals surface area (Å²) in [6.07, 6.45) is 5.35. The molecule has 1 heterocycles. The first kappa shape index (κ1) is 10.8. The number of thiophene rings is 1. The summed E-state index contributed by atoms with van der Waals surface area (Å²) in [5.74, 6) is 0.819. The first-order valence-electron chi connectivity index (χ1n) is 5.33. The van der Waals surface area contributed by atoms with Crippen molar-refractivity contribution >= 4 is 11.3 Å². The smallest absolute Gasteiger partial charge is 0.0105 e. The van der Waals surface area contributed by atoms with Crippen molar-refractivity contribution in [1.82, 2.24) is 0 Å². The lowest BCUT2D eigenvalue weighted by Crippen LogP contribution is -1.96. The predicted octanol–water partition coefficient (Wildman–Crippen LogP) is 4.74. The summed E-state index contributed by atoms with van der Waals surface area (Å²) in [7, 11) is 0. The van der Waals surface area contributed by atoms with Crippen LogP contribution in [0.1, 0.15) is 55.9 Å². The molecule has 1 atom stereocenters. The van der Waals surface area contributed by atoms with Gasteiger partial charge in [0.25, 0.3) is 0 Å². The van der Waals surface area contributed by atoms with Crippen LogP contribution in [0.5, 0.6) is 0 Å². The molecule has 0 aliphatic rings. The predicted molar refractivity (Wildman–Crippen MR) is 61.6 cm³/mol. The lowest BCUT2D eigenvalue weighted by molar-refractivity contribution is 0.575. The average molecular weight is 196 g/mol. The third-order valence-electron chi connectivity index (χ3n) is 2.67. The summed E-state index contributed by atoms with van der Waals surface area (Å²) >= 11 is 1.93. The van der Waals surface area contributed by atoms with E-state index in [1.54, 1.807) is 4.88 Å². The first-order chi connectivity index (χ1) is 6.29. The molecule has 0 saturated heterocycles. The normalized spacial score (nSPS) is 13.2. The maximum absolute atomic E-state index is 2.31. The fraction of sp³-hybridized carbons (Fsp3) is 0.667. The Hall–Kier alpha value is -0.300. The Bertz CT molecular complexity index is 237. The topological polar surface area (TPSA) is 0 Å². The quantitative estimate of drug-likeness (QED) is 0.638. The van der Waals surface area contributed by atoms with Crippen LogP contribution in [-0.2, 0) is 0 Å². The Kier molecular flexibility index (Phi) is 4.51. The highest BCUT2D eigenvalue weighted by Crippen LogP contribution is 2.31. The van der Waals surface area contributed by atoms with Gasteiger partial charge in [-0.3, -0.25) is 0 Å². The standard InChI is InChI=1S/C12H20S/c1-4-6-7-11(5-2)12-10(3)8-9-13-12/h8-9,11H,4-7H2,1-3H3. The van der Waals surface area contributed by atoms with Crippen LogP contribution in [0.15, 0.2) is 11.4 Å². The van der Waals surface area contributed by atoms with Crippen LogP contribution in [0.4, 0.5) is 0 Å². The highest BCUT2D eigenvalue weighted by atomic mass is 32.1. The first-order valence-corrected chi connectivity index (χ1v) is 6.21. The van der Waals surface area contributed by atoms with Gasteiger partial charge in [-0.1, -0.05) is 26.7 Å². The van der Waals surface area contributed by atoms with Crippen molar-refractivity contribution in [3.8, 4) is 0 Å². The van der Waals surface area contributed by atoms with Crippen LogP contribution in [-0.4, -0.2) is 0 Å². The van der Waals surface area contributed by atoms with E-state index >= 15 is 0 Å². The van der Waals surface area contributed by atoms with E-state index in [0.29, 0.717) is 0 Å². The van der Waals surface area contributed by atoms with Crippen molar-refractivity contribution in [3.63, 3.8) is 0 Å². The number of rotatable bonds is 5. The number of unbranched alkanes of at least 4 members (excludes halogenated alkanes) is 1. The Morgan fingerprint density at radius 3 is 2.62 bits per heavy atom. The molecule has 0 amide bonds. The van der Waals surface area contributed by atoms with Gasteiger partial charge in [0.15, 0.2) is 0 Å². The monoisotopic (exact) mass is 196 g/mol. The number of hydrogen-bond donors (Lipinski definition) is 0. The zero-order valence-electron chi connectivity index (χ0n) is 8.97. The zero-order chi connectivity index (χ0) is 9.68. The second-order valence-electron chi connectivity index (χ2n) is 3.72. The van der Waals surface area contributed by atoms with E-state index in [9.17, 15) is 0 Å². The van der Waals surface area contributed by atoms with Gasteiger partial charge in [-0.15, -0.1) is 11.3 Å². The van der Waals surface area contributed by atoms with E-state index < -0.39 is 0 Å². The van der Waals surface area contributed by atoms with Gasteiger partial charge in [-0.2, -0.15) is 0 Å². The summed E-state index contributed by atoms with van der Waals surface area (Å²) in [5, 5.41) is 2.22. The maximum Gasteiger partial charge on any atom is 0.0105 e. The molecule has 1 aromatic heterocycles. The SMILES string of the molecule is CCCCC(CC)c1sccc1C. The molecule has 0 aliphatic carbocycles. The molecule has 0 fully saturated rings. The molecule has 0 radical (unpaired) electrons. The number of aryl methyl sites for hydroxylation is 1. The summed E-state index contributed by atoms with van der Waals surface area (Å²) in [4.78, 5) is 1.62. The number of hydrogen-bond acceptors (Lipinski definition) is 1. The van der Waals surface area contributed by atoms with E-state index in [0.717, 1.165) is 5.92 Å². The van der Waals surface area contributed by atoms with Crippen molar-refractivity contribution < 1.29 is 0 Å². The molecule has 1 heteroatoms. The Balaban J connectivity index is 2.61. The largest absolute Gasteiger partial charge is 0.148 e. The van der Waals surface area contributed by atoms with Crippen LogP contribution in [0, 0.1) is 6.92 Å². The molecular weight excluding hydrogens is 176 g/mol. The van der Waals surface area contributed by atoms with Gasteiger partial charge in [0, 0.05) is 4.88 Å².